The molecule has 0 aliphatic rings. The Hall–Kier alpha value is -1.59. The average Bonchev–Trinajstić information content (AvgIpc) is 2.74. The van der Waals surface area contributed by atoms with Gasteiger partial charge in [-0.2, -0.15) is 0 Å². The normalized spacial score (nSPS) is 10.9. The predicted molar refractivity (Wildman–Crippen MR) is 90.9 cm³/mol. The number of fused-ring (bicyclic) bond motifs is 1. The van der Waals surface area contributed by atoms with Gasteiger partial charge >= 0.3 is 0 Å². The van der Waals surface area contributed by atoms with E-state index in [2.05, 4.69) is 33.2 Å². The lowest BCUT2D eigenvalue weighted by molar-refractivity contribution is 1.34. The van der Waals surface area contributed by atoms with Gasteiger partial charge in [0.05, 0.1) is 26.6 Å². The smallest absolute Gasteiger partial charge is 0.0907 e. The van der Waals surface area contributed by atoms with Crippen molar-refractivity contribution in [2.75, 3.05) is 11.1 Å². The number of aryl methyl sites for hydroxylation is 1. The van der Waals surface area contributed by atoms with Gasteiger partial charge in [-0.25, -0.2) is 4.98 Å². The van der Waals surface area contributed by atoms with Crippen LogP contribution in [0.4, 0.5) is 17.1 Å². The number of benzene rings is 2. The molecule has 0 aliphatic carbocycles. The fraction of sp³-hybridized carbons (Fsp3) is 0.133. The largest absolute Gasteiger partial charge is 0.397 e. The van der Waals surface area contributed by atoms with Crippen molar-refractivity contribution < 1.29 is 0 Å². The first kappa shape index (κ1) is 13.4. The van der Waals surface area contributed by atoms with Crippen molar-refractivity contribution in [2.24, 2.45) is 0 Å². The van der Waals surface area contributed by atoms with E-state index in [0.29, 0.717) is 0 Å². The maximum Gasteiger partial charge on any atom is 0.0907 e. The second kappa shape index (κ2) is 5.07. The van der Waals surface area contributed by atoms with E-state index in [-0.39, 0.29) is 0 Å². The summed E-state index contributed by atoms with van der Waals surface area (Å²) in [5.41, 5.74) is 10.9. The van der Waals surface area contributed by atoms with Crippen LogP contribution in [0.5, 0.6) is 0 Å². The molecule has 102 valence electrons. The van der Waals surface area contributed by atoms with Gasteiger partial charge in [0.2, 0.25) is 0 Å². The third-order valence-corrected chi connectivity index (χ3v) is 5.00. The van der Waals surface area contributed by atoms with Gasteiger partial charge in [-0.1, -0.05) is 22.0 Å². The second-order valence-electron chi connectivity index (χ2n) is 4.68. The van der Waals surface area contributed by atoms with Crippen molar-refractivity contribution in [1.29, 1.82) is 0 Å². The first-order valence-corrected chi connectivity index (χ1v) is 7.84. The molecular formula is C15H14BrN3S. The summed E-state index contributed by atoms with van der Waals surface area (Å²) in [6.45, 7) is 4.07. The third kappa shape index (κ3) is 2.39. The average molecular weight is 348 g/mol. The lowest BCUT2D eigenvalue weighted by Gasteiger charge is -2.12. The summed E-state index contributed by atoms with van der Waals surface area (Å²) in [6.07, 6.45) is 0. The van der Waals surface area contributed by atoms with Gasteiger partial charge in [-0.15, -0.1) is 11.3 Å². The second-order valence-corrected chi connectivity index (χ2v) is 6.77. The van der Waals surface area contributed by atoms with Crippen LogP contribution in [-0.2, 0) is 0 Å². The van der Waals surface area contributed by atoms with Crippen molar-refractivity contribution in [1.82, 2.24) is 4.98 Å². The molecule has 0 aliphatic heterocycles. The van der Waals surface area contributed by atoms with Crippen LogP contribution in [0.25, 0.3) is 10.2 Å². The van der Waals surface area contributed by atoms with E-state index >= 15 is 0 Å². The topological polar surface area (TPSA) is 50.9 Å². The minimum absolute atomic E-state index is 0.737. The van der Waals surface area contributed by atoms with E-state index < -0.39 is 0 Å². The summed E-state index contributed by atoms with van der Waals surface area (Å²) in [5, 5.41) is 4.44. The molecule has 3 nitrogen and oxygen atoms in total. The molecular weight excluding hydrogens is 334 g/mol. The highest BCUT2D eigenvalue weighted by Crippen LogP contribution is 2.33. The quantitative estimate of drug-likeness (QED) is 0.641. The van der Waals surface area contributed by atoms with Gasteiger partial charge in [0, 0.05) is 10.2 Å². The molecule has 2 aromatic carbocycles. The summed E-state index contributed by atoms with van der Waals surface area (Å²) in [5.74, 6) is 0. The van der Waals surface area contributed by atoms with Crippen molar-refractivity contribution in [3.63, 3.8) is 0 Å². The predicted octanol–water partition coefficient (Wildman–Crippen LogP) is 5.00. The fourth-order valence-corrected chi connectivity index (χ4v) is 3.32. The molecule has 1 heterocycles. The Labute approximate surface area is 130 Å². The standard InChI is InChI=1S/C15H14BrN3S/c1-8-10(16)4-3-5-12(8)19-13-7-14-15(6-11(13)17)20-9(2)18-14/h3-7,19H,17H2,1-2H3. The van der Waals surface area contributed by atoms with Crippen LogP contribution in [0.2, 0.25) is 0 Å². The molecule has 20 heavy (non-hydrogen) atoms. The Morgan fingerprint density at radius 3 is 2.80 bits per heavy atom. The number of halogens is 1. The molecule has 0 amide bonds. The number of nitrogens with two attached hydrogens (primary N) is 1. The van der Waals surface area contributed by atoms with E-state index in [9.17, 15) is 0 Å². The zero-order valence-electron chi connectivity index (χ0n) is 11.2. The Bertz CT molecular complexity index is 795. The fourth-order valence-electron chi connectivity index (χ4n) is 2.10. The Kier molecular flexibility index (Phi) is 3.40. The number of anilines is 3. The first-order chi connectivity index (χ1) is 9.54. The Balaban J connectivity index is 2.05. The SMILES string of the molecule is Cc1nc2cc(Nc3cccc(Br)c3C)c(N)cc2s1. The molecule has 5 heteroatoms. The van der Waals surface area contributed by atoms with E-state index in [1.165, 1.54) is 0 Å². The molecule has 0 radical (unpaired) electrons. The number of hydrogen-bond acceptors (Lipinski definition) is 4. The lowest BCUT2D eigenvalue weighted by atomic mass is 10.2. The van der Waals surface area contributed by atoms with E-state index in [1.807, 2.05) is 37.3 Å². The van der Waals surface area contributed by atoms with Crippen LogP contribution >= 0.6 is 27.3 Å². The van der Waals surface area contributed by atoms with Gasteiger partial charge in [0.25, 0.3) is 0 Å². The van der Waals surface area contributed by atoms with Crippen molar-refractivity contribution in [2.45, 2.75) is 13.8 Å². The third-order valence-electron chi connectivity index (χ3n) is 3.20. The summed E-state index contributed by atoms with van der Waals surface area (Å²) in [7, 11) is 0. The summed E-state index contributed by atoms with van der Waals surface area (Å²) in [4.78, 5) is 4.51. The maximum atomic E-state index is 6.14. The molecule has 0 atom stereocenters. The number of aromatic nitrogens is 1. The molecule has 0 bridgehead atoms. The highest BCUT2D eigenvalue weighted by Gasteiger charge is 2.08. The summed E-state index contributed by atoms with van der Waals surface area (Å²) >= 11 is 5.20. The number of nitrogens with zero attached hydrogens (tertiary/aromatic N) is 1. The van der Waals surface area contributed by atoms with Crippen LogP contribution < -0.4 is 11.1 Å². The number of nitrogens with one attached hydrogen (secondary N) is 1. The molecule has 0 saturated carbocycles. The first-order valence-electron chi connectivity index (χ1n) is 6.23. The molecule has 0 unspecified atom stereocenters. The van der Waals surface area contributed by atoms with Gasteiger partial charge < -0.3 is 11.1 Å². The van der Waals surface area contributed by atoms with E-state index in [0.717, 1.165) is 42.3 Å². The molecule has 1 aromatic heterocycles. The zero-order valence-corrected chi connectivity index (χ0v) is 13.6. The maximum absolute atomic E-state index is 6.14. The van der Waals surface area contributed by atoms with Crippen molar-refractivity contribution >= 4 is 54.5 Å². The molecule has 3 N–H and O–H groups in total. The Morgan fingerprint density at radius 2 is 2.00 bits per heavy atom. The van der Waals surface area contributed by atoms with Crippen LogP contribution in [0.15, 0.2) is 34.8 Å². The van der Waals surface area contributed by atoms with Gasteiger partial charge in [0.15, 0.2) is 0 Å². The summed E-state index contributed by atoms with van der Waals surface area (Å²) in [6, 6.07) is 10.1. The number of hydrogen-bond donors (Lipinski definition) is 2. The zero-order chi connectivity index (χ0) is 14.3. The van der Waals surface area contributed by atoms with E-state index in [4.69, 9.17) is 5.73 Å². The van der Waals surface area contributed by atoms with Crippen LogP contribution in [0.3, 0.4) is 0 Å². The monoisotopic (exact) mass is 347 g/mol. The molecule has 0 spiro atoms. The Morgan fingerprint density at radius 1 is 1.20 bits per heavy atom. The van der Waals surface area contributed by atoms with Crippen molar-refractivity contribution in [3.05, 3.63) is 45.4 Å². The highest BCUT2D eigenvalue weighted by molar-refractivity contribution is 9.10. The van der Waals surface area contributed by atoms with Gasteiger partial charge in [-0.05, 0) is 43.7 Å². The molecule has 3 aromatic rings. The molecule has 3 rings (SSSR count). The minimum atomic E-state index is 0.737. The van der Waals surface area contributed by atoms with Crippen molar-refractivity contribution in [3.8, 4) is 0 Å². The number of nitrogen functional groups attached to an aromatic ring is 1. The van der Waals surface area contributed by atoms with Crippen LogP contribution in [0, 0.1) is 13.8 Å². The van der Waals surface area contributed by atoms with Crippen LogP contribution in [0.1, 0.15) is 10.6 Å². The highest BCUT2D eigenvalue weighted by atomic mass is 79.9. The number of rotatable bonds is 2. The summed E-state index contributed by atoms with van der Waals surface area (Å²) < 4.78 is 2.20. The van der Waals surface area contributed by atoms with Crippen LogP contribution in [-0.4, -0.2) is 4.98 Å². The minimum Gasteiger partial charge on any atom is -0.397 e. The van der Waals surface area contributed by atoms with Gasteiger partial charge in [0.1, 0.15) is 0 Å². The number of thiazole rings is 1. The van der Waals surface area contributed by atoms with Gasteiger partial charge in [-0.3, -0.25) is 0 Å². The molecule has 0 fully saturated rings. The lowest BCUT2D eigenvalue weighted by Crippen LogP contribution is -1.98. The molecule has 0 saturated heterocycles. The van der Waals surface area contributed by atoms with E-state index in [1.54, 1.807) is 11.3 Å².